The molecule has 1 aliphatic carbocycles. The highest BCUT2D eigenvalue weighted by Gasteiger charge is 2.34. The molecule has 164 valence electrons. The van der Waals surface area contributed by atoms with E-state index in [2.05, 4.69) is 10.2 Å². The maximum absolute atomic E-state index is 13.2. The van der Waals surface area contributed by atoms with Gasteiger partial charge in [0.15, 0.2) is 5.78 Å². The van der Waals surface area contributed by atoms with Crippen LogP contribution in [0.15, 0.2) is 48.7 Å². The van der Waals surface area contributed by atoms with Crippen molar-refractivity contribution < 1.29 is 27.5 Å². The Labute approximate surface area is 179 Å². The van der Waals surface area contributed by atoms with E-state index in [4.69, 9.17) is 15.9 Å². The van der Waals surface area contributed by atoms with Gasteiger partial charge in [0.05, 0.1) is 11.1 Å². The van der Waals surface area contributed by atoms with Crippen molar-refractivity contribution in [3.05, 3.63) is 82.2 Å². The van der Waals surface area contributed by atoms with E-state index in [0.29, 0.717) is 11.1 Å². The maximum Gasteiger partial charge on any atom is 0.416 e. The SMILES string of the molecule is N=C1C(=O)CC(c2ccc(OCc3ccccc3C(F)(F)F)c(C(N)=O)c2)c2c[nH]nc21. The van der Waals surface area contributed by atoms with Crippen LogP contribution < -0.4 is 10.5 Å². The standard InChI is InChI=1S/C22H17F3N4O3/c23-22(24,25)16-4-2-1-3-12(16)10-32-18-6-5-11(7-14(18)21(27)31)13-8-17(30)19(26)20-15(13)9-28-29-20/h1-7,9,13,26H,8,10H2,(H2,27,31)(H,28,29). The van der Waals surface area contributed by atoms with Crippen molar-refractivity contribution in [2.75, 3.05) is 0 Å². The van der Waals surface area contributed by atoms with Crippen molar-refractivity contribution >= 4 is 17.4 Å². The topological polar surface area (TPSA) is 122 Å². The summed E-state index contributed by atoms with van der Waals surface area (Å²) in [6.45, 7) is -0.416. The number of benzene rings is 2. The summed E-state index contributed by atoms with van der Waals surface area (Å²) in [6.07, 6.45) is -2.94. The molecule has 0 saturated carbocycles. The first-order valence-electron chi connectivity index (χ1n) is 9.54. The third-order valence-electron chi connectivity index (χ3n) is 5.33. The zero-order valence-electron chi connectivity index (χ0n) is 16.5. The molecule has 4 rings (SSSR count). The monoisotopic (exact) mass is 442 g/mol. The lowest BCUT2D eigenvalue weighted by Crippen LogP contribution is -2.26. The fourth-order valence-electron chi connectivity index (χ4n) is 3.75. The predicted octanol–water partition coefficient (Wildman–Crippen LogP) is 3.58. The second kappa shape index (κ2) is 7.95. The number of primary amides is 1. The average molecular weight is 442 g/mol. The predicted molar refractivity (Wildman–Crippen MR) is 108 cm³/mol. The smallest absolute Gasteiger partial charge is 0.416 e. The highest BCUT2D eigenvalue weighted by atomic mass is 19.4. The fraction of sp³-hybridized carbons (Fsp3) is 0.182. The number of hydrogen-bond donors (Lipinski definition) is 3. The molecule has 3 aromatic rings. The number of amides is 1. The molecule has 1 unspecified atom stereocenters. The molecule has 0 fully saturated rings. The normalized spacial score (nSPS) is 16.0. The number of Topliss-reactive ketones (excluding diaryl/α,β-unsaturated/α-hetero) is 1. The molecule has 32 heavy (non-hydrogen) atoms. The average Bonchev–Trinajstić information content (AvgIpc) is 3.24. The molecular weight excluding hydrogens is 425 g/mol. The highest BCUT2D eigenvalue weighted by Crippen LogP contribution is 2.37. The number of carbonyl (C=O) groups is 2. The molecule has 10 heteroatoms. The molecular formula is C22H17F3N4O3. The van der Waals surface area contributed by atoms with Crippen LogP contribution >= 0.6 is 0 Å². The molecule has 0 radical (unpaired) electrons. The zero-order chi connectivity index (χ0) is 23.0. The summed E-state index contributed by atoms with van der Waals surface area (Å²) in [5, 5.41) is 14.5. The van der Waals surface area contributed by atoms with Crippen LogP contribution in [0, 0.1) is 5.41 Å². The van der Waals surface area contributed by atoms with Crippen molar-refractivity contribution in [2.45, 2.75) is 25.1 Å². The van der Waals surface area contributed by atoms with E-state index in [1.807, 2.05) is 0 Å². The highest BCUT2D eigenvalue weighted by molar-refractivity contribution is 6.45. The van der Waals surface area contributed by atoms with Crippen LogP contribution in [0.2, 0.25) is 0 Å². The summed E-state index contributed by atoms with van der Waals surface area (Å²) >= 11 is 0. The van der Waals surface area contributed by atoms with Gasteiger partial charge in [-0.15, -0.1) is 0 Å². The molecule has 0 aliphatic heterocycles. The van der Waals surface area contributed by atoms with Gasteiger partial charge < -0.3 is 10.5 Å². The van der Waals surface area contributed by atoms with Crippen LogP contribution in [0.1, 0.15) is 50.6 Å². The summed E-state index contributed by atoms with van der Waals surface area (Å²) in [7, 11) is 0. The largest absolute Gasteiger partial charge is 0.488 e. The van der Waals surface area contributed by atoms with Gasteiger partial charge in [0.25, 0.3) is 5.91 Å². The molecule has 1 amide bonds. The summed E-state index contributed by atoms with van der Waals surface area (Å²) in [4.78, 5) is 24.3. The van der Waals surface area contributed by atoms with E-state index in [1.54, 1.807) is 12.3 Å². The van der Waals surface area contributed by atoms with E-state index in [0.717, 1.165) is 6.07 Å². The molecule has 7 nitrogen and oxygen atoms in total. The number of aromatic nitrogens is 2. The van der Waals surface area contributed by atoms with E-state index < -0.39 is 30.2 Å². The first-order valence-corrected chi connectivity index (χ1v) is 9.54. The van der Waals surface area contributed by atoms with Gasteiger partial charge in [-0.05, 0) is 23.8 Å². The Bertz CT molecular complexity index is 1230. The molecule has 1 aliphatic rings. The number of nitrogens with two attached hydrogens (primary N) is 1. The number of ether oxygens (including phenoxy) is 1. The van der Waals surface area contributed by atoms with E-state index in [9.17, 15) is 22.8 Å². The van der Waals surface area contributed by atoms with Crippen molar-refractivity contribution in [1.82, 2.24) is 10.2 Å². The van der Waals surface area contributed by atoms with Gasteiger partial charge in [-0.1, -0.05) is 24.3 Å². The van der Waals surface area contributed by atoms with Crippen LogP contribution in [0.3, 0.4) is 0 Å². The van der Waals surface area contributed by atoms with Crippen LogP contribution in [-0.4, -0.2) is 27.6 Å². The molecule has 0 spiro atoms. The Kier molecular flexibility index (Phi) is 5.29. The minimum absolute atomic E-state index is 0.0166. The number of carbonyl (C=O) groups excluding carboxylic acids is 2. The third-order valence-corrected chi connectivity index (χ3v) is 5.33. The molecule has 4 N–H and O–H groups in total. The number of alkyl halides is 3. The minimum Gasteiger partial charge on any atom is -0.488 e. The van der Waals surface area contributed by atoms with Crippen molar-refractivity contribution in [1.29, 1.82) is 5.41 Å². The number of halogens is 3. The van der Waals surface area contributed by atoms with Crippen molar-refractivity contribution in [3.8, 4) is 5.75 Å². The summed E-state index contributed by atoms with van der Waals surface area (Å²) < 4.78 is 45.2. The van der Waals surface area contributed by atoms with Gasteiger partial charge in [-0.25, -0.2) is 0 Å². The first-order chi connectivity index (χ1) is 15.2. The van der Waals surface area contributed by atoms with Crippen LogP contribution in [-0.2, 0) is 17.6 Å². The Hall–Kier alpha value is -3.95. The van der Waals surface area contributed by atoms with Gasteiger partial charge in [0, 0.05) is 29.7 Å². The van der Waals surface area contributed by atoms with Crippen molar-refractivity contribution in [2.24, 2.45) is 5.73 Å². The van der Waals surface area contributed by atoms with Crippen LogP contribution in [0.4, 0.5) is 13.2 Å². The molecule has 1 aromatic heterocycles. The molecule has 0 saturated heterocycles. The van der Waals surface area contributed by atoms with Gasteiger partial charge in [0.2, 0.25) is 0 Å². The minimum atomic E-state index is -4.54. The van der Waals surface area contributed by atoms with Gasteiger partial charge in [-0.2, -0.15) is 18.3 Å². The van der Waals surface area contributed by atoms with Gasteiger partial charge >= 0.3 is 6.18 Å². The summed E-state index contributed by atoms with van der Waals surface area (Å²) in [5.74, 6) is -1.64. The zero-order valence-corrected chi connectivity index (χ0v) is 16.5. The van der Waals surface area contributed by atoms with Gasteiger partial charge in [-0.3, -0.25) is 20.1 Å². The maximum atomic E-state index is 13.2. The Balaban J connectivity index is 1.65. The number of nitrogens with one attached hydrogen (secondary N) is 2. The lowest BCUT2D eigenvalue weighted by atomic mass is 9.80. The Morgan fingerprint density at radius 2 is 2.00 bits per heavy atom. The second-order valence-electron chi connectivity index (χ2n) is 7.31. The number of nitrogens with zero attached hydrogens (tertiary/aromatic N) is 1. The third kappa shape index (κ3) is 3.86. The van der Waals surface area contributed by atoms with Crippen molar-refractivity contribution in [3.63, 3.8) is 0 Å². The summed E-state index contributed by atoms with van der Waals surface area (Å²) in [5.41, 5.74) is 5.83. The van der Waals surface area contributed by atoms with E-state index in [-0.39, 0.29) is 40.5 Å². The quantitative estimate of drug-likeness (QED) is 0.559. The number of ketones is 1. The van der Waals surface area contributed by atoms with E-state index >= 15 is 0 Å². The number of aromatic amines is 1. The number of hydrogen-bond acceptors (Lipinski definition) is 5. The summed E-state index contributed by atoms with van der Waals surface area (Å²) in [6, 6.07) is 9.51. The van der Waals surface area contributed by atoms with Crippen LogP contribution in [0.5, 0.6) is 5.75 Å². The fourth-order valence-corrected chi connectivity index (χ4v) is 3.75. The first kappa shape index (κ1) is 21.3. The van der Waals surface area contributed by atoms with Crippen LogP contribution in [0.25, 0.3) is 0 Å². The second-order valence-corrected chi connectivity index (χ2v) is 7.31. The number of rotatable bonds is 5. The van der Waals surface area contributed by atoms with Gasteiger partial charge in [0.1, 0.15) is 23.8 Å². The van der Waals surface area contributed by atoms with E-state index in [1.165, 1.54) is 30.3 Å². The number of H-pyrrole nitrogens is 1. The number of fused-ring (bicyclic) bond motifs is 1. The molecule has 1 atom stereocenters. The molecule has 1 heterocycles. The lowest BCUT2D eigenvalue weighted by Gasteiger charge is -2.22. The molecule has 0 bridgehead atoms. The Morgan fingerprint density at radius 3 is 2.72 bits per heavy atom. The Morgan fingerprint density at radius 1 is 1.25 bits per heavy atom. The molecule has 2 aromatic carbocycles. The lowest BCUT2D eigenvalue weighted by molar-refractivity contribution is -0.138.